The van der Waals surface area contributed by atoms with E-state index in [4.69, 9.17) is 5.73 Å². The Morgan fingerprint density at radius 3 is 2.32 bits per heavy atom. The van der Waals surface area contributed by atoms with Crippen LogP contribution in [0.1, 0.15) is 38.5 Å². The summed E-state index contributed by atoms with van der Waals surface area (Å²) in [6, 6.07) is -0.382. The first-order valence-corrected chi connectivity index (χ1v) is 6.95. The topological polar surface area (TPSA) is 55.1 Å². The predicted octanol–water partition coefficient (Wildman–Crippen LogP) is 1.96. The number of rotatable bonds is 2. The van der Waals surface area contributed by atoms with E-state index >= 15 is 0 Å². The smallest absolute Gasteiger partial charge is 0.369 e. The number of carbonyl (C=O) groups excluding carboxylic acids is 1. The summed E-state index contributed by atoms with van der Waals surface area (Å²) in [6.07, 6.45) is 0.553. The van der Waals surface area contributed by atoms with Crippen LogP contribution in [-0.2, 0) is 4.79 Å². The standard InChI is InChI=1S/C13H19F3N2O/c14-13(15,16)11-6-12(11,10(17)19)9(18-7-11)8-4-2-1-3-5-8/h8-9,18H,1-7H2,(H2,17,19). The summed E-state index contributed by atoms with van der Waals surface area (Å²) < 4.78 is 39.9. The Bertz CT molecular complexity index is 405. The van der Waals surface area contributed by atoms with Gasteiger partial charge in [-0.25, -0.2) is 0 Å². The van der Waals surface area contributed by atoms with Crippen molar-refractivity contribution in [2.75, 3.05) is 6.54 Å². The van der Waals surface area contributed by atoms with E-state index in [0.29, 0.717) is 0 Å². The number of nitrogens with one attached hydrogen (secondary N) is 1. The maximum absolute atomic E-state index is 13.3. The van der Waals surface area contributed by atoms with Crippen molar-refractivity contribution >= 4 is 5.91 Å². The highest BCUT2D eigenvalue weighted by atomic mass is 19.4. The van der Waals surface area contributed by atoms with Crippen LogP contribution in [0.5, 0.6) is 0 Å². The summed E-state index contributed by atoms with van der Waals surface area (Å²) in [6.45, 7) is -0.152. The number of fused-ring (bicyclic) bond motifs is 1. The largest absolute Gasteiger partial charge is 0.396 e. The van der Waals surface area contributed by atoms with Crippen LogP contribution < -0.4 is 11.1 Å². The molecule has 0 bridgehead atoms. The molecule has 3 aliphatic rings. The molecule has 3 rings (SSSR count). The molecule has 1 amide bonds. The SMILES string of the molecule is NC(=O)C12CC1(C(F)(F)F)CNC2C1CCCCC1. The highest BCUT2D eigenvalue weighted by Gasteiger charge is 2.87. The van der Waals surface area contributed by atoms with Gasteiger partial charge in [-0.15, -0.1) is 0 Å². The van der Waals surface area contributed by atoms with Crippen LogP contribution in [0.15, 0.2) is 0 Å². The zero-order valence-corrected chi connectivity index (χ0v) is 10.7. The van der Waals surface area contributed by atoms with Gasteiger partial charge in [-0.1, -0.05) is 19.3 Å². The lowest BCUT2D eigenvalue weighted by Gasteiger charge is -2.33. The van der Waals surface area contributed by atoms with Crippen molar-refractivity contribution in [3.8, 4) is 0 Å². The monoisotopic (exact) mass is 276 g/mol. The van der Waals surface area contributed by atoms with E-state index in [9.17, 15) is 18.0 Å². The molecule has 2 saturated carbocycles. The average Bonchev–Trinajstić information content (AvgIpc) is 2.94. The fraction of sp³-hybridized carbons (Fsp3) is 0.923. The van der Waals surface area contributed by atoms with Crippen LogP contribution in [0.2, 0.25) is 0 Å². The van der Waals surface area contributed by atoms with Crippen LogP contribution >= 0.6 is 0 Å². The van der Waals surface area contributed by atoms with Gasteiger partial charge in [0.1, 0.15) is 0 Å². The molecule has 3 fully saturated rings. The molecule has 1 heterocycles. The van der Waals surface area contributed by atoms with E-state index < -0.39 is 22.9 Å². The van der Waals surface area contributed by atoms with Crippen molar-refractivity contribution in [2.24, 2.45) is 22.5 Å². The number of hydrogen-bond acceptors (Lipinski definition) is 2. The number of piperidine rings is 1. The molecule has 0 radical (unpaired) electrons. The van der Waals surface area contributed by atoms with Crippen LogP contribution in [0, 0.1) is 16.7 Å². The van der Waals surface area contributed by atoms with Crippen LogP contribution in [0.4, 0.5) is 13.2 Å². The Hall–Kier alpha value is -0.780. The van der Waals surface area contributed by atoms with Crippen molar-refractivity contribution in [3.63, 3.8) is 0 Å². The molecule has 108 valence electrons. The highest BCUT2D eigenvalue weighted by Crippen LogP contribution is 2.76. The molecule has 0 aromatic rings. The second-order valence-corrected chi connectivity index (χ2v) is 6.35. The minimum absolute atomic E-state index is 0.118. The van der Waals surface area contributed by atoms with Gasteiger partial charge in [0.2, 0.25) is 5.91 Å². The molecule has 1 saturated heterocycles. The molecular formula is C13H19F3N2O. The molecule has 0 aromatic heterocycles. The zero-order chi connectivity index (χ0) is 13.9. The van der Waals surface area contributed by atoms with Gasteiger partial charge in [0, 0.05) is 12.6 Å². The van der Waals surface area contributed by atoms with Crippen molar-refractivity contribution in [1.82, 2.24) is 5.32 Å². The molecule has 2 aliphatic carbocycles. The minimum Gasteiger partial charge on any atom is -0.369 e. The average molecular weight is 276 g/mol. The maximum atomic E-state index is 13.3. The van der Waals surface area contributed by atoms with Crippen molar-refractivity contribution < 1.29 is 18.0 Å². The fourth-order valence-electron chi connectivity index (χ4n) is 4.48. The lowest BCUT2D eigenvalue weighted by atomic mass is 9.75. The highest BCUT2D eigenvalue weighted by molar-refractivity contribution is 5.87. The van der Waals surface area contributed by atoms with Gasteiger partial charge in [0.15, 0.2) is 0 Å². The first kappa shape index (κ1) is 13.2. The molecule has 6 heteroatoms. The molecule has 3 unspecified atom stereocenters. The van der Waals surface area contributed by atoms with Crippen LogP contribution in [0.25, 0.3) is 0 Å². The Kier molecular flexibility index (Phi) is 2.69. The lowest BCUT2D eigenvalue weighted by Crippen LogP contribution is -2.46. The van der Waals surface area contributed by atoms with Gasteiger partial charge < -0.3 is 11.1 Å². The van der Waals surface area contributed by atoms with Gasteiger partial charge in [0.05, 0.1) is 10.8 Å². The second-order valence-electron chi connectivity index (χ2n) is 6.35. The number of nitrogens with two attached hydrogens (primary N) is 1. The van der Waals surface area contributed by atoms with Crippen LogP contribution in [-0.4, -0.2) is 24.7 Å². The van der Waals surface area contributed by atoms with Gasteiger partial charge in [-0.3, -0.25) is 4.79 Å². The van der Waals surface area contributed by atoms with Crippen molar-refractivity contribution in [3.05, 3.63) is 0 Å². The molecule has 0 aromatic carbocycles. The molecule has 3 nitrogen and oxygen atoms in total. The first-order chi connectivity index (χ1) is 8.85. The Balaban J connectivity index is 1.90. The van der Waals surface area contributed by atoms with Crippen molar-refractivity contribution in [2.45, 2.75) is 50.7 Å². The summed E-state index contributed by atoms with van der Waals surface area (Å²) >= 11 is 0. The van der Waals surface area contributed by atoms with E-state index in [1.54, 1.807) is 0 Å². The normalized spacial score (nSPS) is 43.0. The van der Waals surface area contributed by atoms with Gasteiger partial charge in [-0.2, -0.15) is 13.2 Å². The molecule has 19 heavy (non-hydrogen) atoms. The lowest BCUT2D eigenvalue weighted by molar-refractivity contribution is -0.192. The molecule has 1 aliphatic heterocycles. The maximum Gasteiger partial charge on any atom is 0.396 e. The van der Waals surface area contributed by atoms with E-state index in [2.05, 4.69) is 5.32 Å². The zero-order valence-electron chi connectivity index (χ0n) is 10.7. The van der Waals surface area contributed by atoms with E-state index in [-0.39, 0.29) is 24.9 Å². The van der Waals surface area contributed by atoms with Gasteiger partial charge in [0.25, 0.3) is 0 Å². The summed E-state index contributed by atoms with van der Waals surface area (Å²) in [7, 11) is 0. The molecule has 3 N–H and O–H groups in total. The second kappa shape index (κ2) is 3.87. The molecular weight excluding hydrogens is 257 g/mol. The first-order valence-electron chi connectivity index (χ1n) is 6.95. The van der Waals surface area contributed by atoms with Gasteiger partial charge in [-0.05, 0) is 25.2 Å². The van der Waals surface area contributed by atoms with E-state index in [0.717, 1.165) is 32.1 Å². The quantitative estimate of drug-likeness (QED) is 0.810. The Morgan fingerprint density at radius 1 is 1.21 bits per heavy atom. The Morgan fingerprint density at radius 2 is 1.84 bits per heavy atom. The Labute approximate surface area is 110 Å². The third kappa shape index (κ3) is 1.52. The van der Waals surface area contributed by atoms with Crippen LogP contribution in [0.3, 0.4) is 0 Å². The van der Waals surface area contributed by atoms with E-state index in [1.165, 1.54) is 0 Å². The van der Waals surface area contributed by atoms with Gasteiger partial charge >= 0.3 is 6.18 Å². The number of primary amides is 1. The fourth-order valence-corrected chi connectivity index (χ4v) is 4.48. The number of alkyl halides is 3. The number of carbonyl (C=O) groups is 1. The summed E-state index contributed by atoms with van der Waals surface area (Å²) in [5, 5.41) is 2.97. The molecule has 3 atom stereocenters. The summed E-state index contributed by atoms with van der Waals surface area (Å²) in [5.41, 5.74) is 2.10. The third-order valence-corrected chi connectivity index (χ3v) is 5.57. The predicted molar refractivity (Wildman–Crippen MR) is 63.1 cm³/mol. The number of hydrogen-bond donors (Lipinski definition) is 2. The van der Waals surface area contributed by atoms with E-state index in [1.807, 2.05) is 0 Å². The number of amides is 1. The third-order valence-electron chi connectivity index (χ3n) is 5.57. The summed E-state index contributed by atoms with van der Waals surface area (Å²) in [5.74, 6) is -0.613. The molecule has 0 spiro atoms. The summed E-state index contributed by atoms with van der Waals surface area (Å²) in [4.78, 5) is 11.8. The minimum atomic E-state index is -4.35. The van der Waals surface area contributed by atoms with Crippen molar-refractivity contribution in [1.29, 1.82) is 0 Å². The number of halogens is 3.